The molecule has 1 atom stereocenters. The third kappa shape index (κ3) is 2.91. The van der Waals surface area contributed by atoms with Gasteiger partial charge >= 0.3 is 0 Å². The van der Waals surface area contributed by atoms with Crippen molar-refractivity contribution >= 4 is 11.7 Å². The monoisotopic (exact) mass is 309 g/mol. The third-order valence-electron chi connectivity index (χ3n) is 4.54. The zero-order valence-electron chi connectivity index (χ0n) is 13.1. The Bertz CT molecular complexity index is 738. The maximum absolute atomic E-state index is 12.4. The van der Waals surface area contributed by atoms with Crippen molar-refractivity contribution in [3.05, 3.63) is 47.3 Å². The SMILES string of the molecule is COc1ccc(C2CC(=O)c3cnc(NC4CC4)nc3C2)cc1. The molecule has 1 aromatic carbocycles. The summed E-state index contributed by atoms with van der Waals surface area (Å²) in [4.78, 5) is 21.3. The summed E-state index contributed by atoms with van der Waals surface area (Å²) in [5.41, 5.74) is 2.69. The Morgan fingerprint density at radius 2 is 1.96 bits per heavy atom. The molecule has 0 amide bonds. The van der Waals surface area contributed by atoms with Crippen LogP contribution in [0.25, 0.3) is 0 Å². The molecule has 0 saturated heterocycles. The first-order chi connectivity index (χ1) is 11.2. The molecule has 2 aliphatic carbocycles. The molecule has 0 bridgehead atoms. The number of fused-ring (bicyclic) bond motifs is 1. The molecule has 1 fully saturated rings. The van der Waals surface area contributed by atoms with E-state index < -0.39 is 0 Å². The van der Waals surface area contributed by atoms with Gasteiger partial charge in [-0.25, -0.2) is 9.97 Å². The van der Waals surface area contributed by atoms with E-state index in [1.54, 1.807) is 13.3 Å². The second kappa shape index (κ2) is 5.65. The van der Waals surface area contributed by atoms with Gasteiger partial charge in [0.15, 0.2) is 5.78 Å². The summed E-state index contributed by atoms with van der Waals surface area (Å²) in [6.07, 6.45) is 5.31. The van der Waals surface area contributed by atoms with Crippen molar-refractivity contribution in [1.29, 1.82) is 0 Å². The predicted octanol–water partition coefficient (Wildman–Crippen LogP) is 2.97. The zero-order valence-corrected chi connectivity index (χ0v) is 13.1. The number of aromatic nitrogens is 2. The van der Waals surface area contributed by atoms with Crippen molar-refractivity contribution in [2.45, 2.75) is 37.6 Å². The number of benzene rings is 1. The van der Waals surface area contributed by atoms with Crippen LogP contribution < -0.4 is 10.1 Å². The highest BCUT2D eigenvalue weighted by Gasteiger charge is 2.29. The Morgan fingerprint density at radius 3 is 2.65 bits per heavy atom. The van der Waals surface area contributed by atoms with Crippen LogP contribution >= 0.6 is 0 Å². The van der Waals surface area contributed by atoms with Gasteiger partial charge in [-0.2, -0.15) is 0 Å². The smallest absolute Gasteiger partial charge is 0.223 e. The van der Waals surface area contributed by atoms with Crippen LogP contribution in [0.15, 0.2) is 30.5 Å². The van der Waals surface area contributed by atoms with Crippen LogP contribution in [0.4, 0.5) is 5.95 Å². The lowest BCUT2D eigenvalue weighted by molar-refractivity contribution is 0.0962. The van der Waals surface area contributed by atoms with Crippen LogP contribution in [0.5, 0.6) is 5.75 Å². The van der Waals surface area contributed by atoms with Gasteiger partial charge in [0.05, 0.1) is 18.4 Å². The van der Waals surface area contributed by atoms with E-state index in [0.717, 1.165) is 23.4 Å². The first-order valence-corrected chi connectivity index (χ1v) is 8.02. The summed E-state index contributed by atoms with van der Waals surface area (Å²) in [6.45, 7) is 0. The molecule has 2 aromatic rings. The Kier molecular flexibility index (Phi) is 3.48. The summed E-state index contributed by atoms with van der Waals surface area (Å²) < 4.78 is 5.20. The maximum Gasteiger partial charge on any atom is 0.223 e. The van der Waals surface area contributed by atoms with E-state index in [1.807, 2.05) is 24.3 Å². The van der Waals surface area contributed by atoms with Crippen molar-refractivity contribution in [2.75, 3.05) is 12.4 Å². The molecule has 0 radical (unpaired) electrons. The molecular weight excluding hydrogens is 290 g/mol. The lowest BCUT2D eigenvalue weighted by Gasteiger charge is -2.23. The van der Waals surface area contributed by atoms with Crippen molar-refractivity contribution in [3.63, 3.8) is 0 Å². The fourth-order valence-corrected chi connectivity index (χ4v) is 3.04. The zero-order chi connectivity index (χ0) is 15.8. The molecular formula is C18H19N3O2. The molecule has 1 unspecified atom stereocenters. The van der Waals surface area contributed by atoms with Crippen molar-refractivity contribution in [2.24, 2.45) is 0 Å². The van der Waals surface area contributed by atoms with Gasteiger partial charge in [0.1, 0.15) is 5.75 Å². The van der Waals surface area contributed by atoms with E-state index in [4.69, 9.17) is 4.74 Å². The van der Waals surface area contributed by atoms with Crippen molar-refractivity contribution in [3.8, 4) is 5.75 Å². The number of rotatable bonds is 4. The summed E-state index contributed by atoms with van der Waals surface area (Å²) >= 11 is 0. The lowest BCUT2D eigenvalue weighted by Crippen LogP contribution is -2.21. The molecule has 0 spiro atoms. The number of carbonyl (C=O) groups excluding carboxylic acids is 1. The van der Waals surface area contributed by atoms with Gasteiger partial charge in [0.25, 0.3) is 0 Å². The molecule has 118 valence electrons. The number of Topliss-reactive ketones (excluding diaryl/α,β-unsaturated/α-hetero) is 1. The van der Waals surface area contributed by atoms with Gasteiger partial charge in [0, 0.05) is 18.7 Å². The van der Waals surface area contributed by atoms with E-state index in [2.05, 4.69) is 15.3 Å². The third-order valence-corrected chi connectivity index (χ3v) is 4.54. The minimum atomic E-state index is 0.130. The fraction of sp³-hybridized carbons (Fsp3) is 0.389. The van der Waals surface area contributed by atoms with Crippen molar-refractivity contribution < 1.29 is 9.53 Å². The van der Waals surface area contributed by atoms with Gasteiger partial charge in [-0.1, -0.05) is 12.1 Å². The van der Waals surface area contributed by atoms with Crippen molar-refractivity contribution in [1.82, 2.24) is 9.97 Å². The summed E-state index contributed by atoms with van der Waals surface area (Å²) in [5, 5.41) is 3.30. The molecule has 4 rings (SSSR count). The van der Waals surface area contributed by atoms with E-state index in [-0.39, 0.29) is 11.7 Å². The van der Waals surface area contributed by atoms with Gasteiger partial charge < -0.3 is 10.1 Å². The predicted molar refractivity (Wildman–Crippen MR) is 87.1 cm³/mol. The summed E-state index contributed by atoms with van der Waals surface area (Å²) in [7, 11) is 1.65. The Labute approximate surface area is 135 Å². The minimum Gasteiger partial charge on any atom is -0.497 e. The number of hydrogen-bond donors (Lipinski definition) is 1. The number of carbonyl (C=O) groups is 1. The summed E-state index contributed by atoms with van der Waals surface area (Å²) in [5.74, 6) is 1.78. The highest BCUT2D eigenvalue weighted by Crippen LogP contribution is 2.33. The lowest BCUT2D eigenvalue weighted by atomic mass is 9.82. The Balaban J connectivity index is 1.59. The average molecular weight is 309 g/mol. The highest BCUT2D eigenvalue weighted by molar-refractivity contribution is 5.98. The molecule has 5 nitrogen and oxygen atoms in total. The number of nitrogens with one attached hydrogen (secondary N) is 1. The number of hydrogen-bond acceptors (Lipinski definition) is 5. The second-order valence-corrected chi connectivity index (χ2v) is 6.27. The van der Waals surface area contributed by atoms with Crippen LogP contribution in [-0.4, -0.2) is 28.9 Å². The standard InChI is InChI=1S/C18H19N3O2/c1-23-14-6-2-11(3-7-14)12-8-16-15(17(22)9-12)10-19-18(21-16)20-13-4-5-13/h2-3,6-7,10,12-13H,4-5,8-9H2,1H3,(H,19,20,21). The molecule has 5 heteroatoms. The molecule has 1 heterocycles. The first-order valence-electron chi connectivity index (χ1n) is 8.02. The van der Waals surface area contributed by atoms with Gasteiger partial charge in [-0.3, -0.25) is 4.79 Å². The quantitative estimate of drug-likeness (QED) is 0.940. The molecule has 23 heavy (non-hydrogen) atoms. The normalized spacial score (nSPS) is 20.0. The maximum atomic E-state index is 12.4. The number of ketones is 1. The van der Waals surface area contributed by atoms with Crippen LogP contribution in [0.2, 0.25) is 0 Å². The number of methoxy groups -OCH3 is 1. The van der Waals surface area contributed by atoms with Crippen LogP contribution in [0, 0.1) is 0 Å². The minimum absolute atomic E-state index is 0.130. The molecule has 1 aromatic heterocycles. The number of anilines is 1. The molecule has 1 saturated carbocycles. The number of nitrogens with zero attached hydrogens (tertiary/aromatic N) is 2. The van der Waals surface area contributed by atoms with E-state index >= 15 is 0 Å². The van der Waals surface area contributed by atoms with E-state index in [0.29, 0.717) is 24.0 Å². The van der Waals surface area contributed by atoms with Crippen LogP contribution in [0.3, 0.4) is 0 Å². The van der Waals surface area contributed by atoms with E-state index in [9.17, 15) is 4.79 Å². The Morgan fingerprint density at radius 1 is 1.17 bits per heavy atom. The molecule has 2 aliphatic rings. The molecule has 1 N–H and O–H groups in total. The summed E-state index contributed by atoms with van der Waals surface area (Å²) in [6, 6.07) is 8.45. The first kappa shape index (κ1) is 14.2. The average Bonchev–Trinajstić information content (AvgIpc) is 3.38. The van der Waals surface area contributed by atoms with Gasteiger partial charge in [0.2, 0.25) is 5.95 Å². The van der Waals surface area contributed by atoms with Gasteiger partial charge in [-0.05, 0) is 42.9 Å². The number of ether oxygens (including phenoxy) is 1. The van der Waals surface area contributed by atoms with Gasteiger partial charge in [-0.15, -0.1) is 0 Å². The van der Waals surface area contributed by atoms with E-state index in [1.165, 1.54) is 12.8 Å². The van der Waals surface area contributed by atoms with Crippen LogP contribution in [-0.2, 0) is 6.42 Å². The Hall–Kier alpha value is -2.43. The highest BCUT2D eigenvalue weighted by atomic mass is 16.5. The topological polar surface area (TPSA) is 64.1 Å². The van der Waals surface area contributed by atoms with Crippen LogP contribution in [0.1, 0.15) is 46.8 Å². The molecule has 0 aliphatic heterocycles. The largest absolute Gasteiger partial charge is 0.497 e. The fourth-order valence-electron chi connectivity index (χ4n) is 3.04. The second-order valence-electron chi connectivity index (χ2n) is 6.27.